The lowest BCUT2D eigenvalue weighted by Crippen LogP contribution is -2.76. The number of fused-ring (bicyclic) bond motifs is 2. The first kappa shape index (κ1) is 18.9. The van der Waals surface area contributed by atoms with Crippen LogP contribution in [0.1, 0.15) is 53.4 Å². The first-order valence-electron chi connectivity index (χ1n) is 9.53. The molecule has 0 amide bonds. The molecule has 1 aliphatic carbocycles. The maximum atomic E-state index is 14.2. The fraction of sp³-hybridized carbons (Fsp3) is 1.00. The molecule has 4 saturated heterocycles. The van der Waals surface area contributed by atoms with Crippen molar-refractivity contribution in [1.29, 1.82) is 0 Å². The molecule has 1 spiro atoms. The molecular formula is C18H27F3O5. The van der Waals surface area contributed by atoms with Crippen LogP contribution in [0.2, 0.25) is 0 Å². The summed E-state index contributed by atoms with van der Waals surface area (Å²) in [5.74, 6) is -4.87. The molecule has 8 heteroatoms. The van der Waals surface area contributed by atoms with E-state index in [0.717, 1.165) is 12.8 Å². The van der Waals surface area contributed by atoms with E-state index < -0.39 is 41.5 Å². The summed E-state index contributed by atoms with van der Waals surface area (Å²) in [7, 11) is 0. The summed E-state index contributed by atoms with van der Waals surface area (Å²) in [5.41, 5.74) is -1.03. The fourth-order valence-electron chi connectivity index (χ4n) is 5.70. The normalized spacial score (nSPS) is 53.9. The fourth-order valence-corrected chi connectivity index (χ4v) is 5.70. The van der Waals surface area contributed by atoms with Gasteiger partial charge in [-0.2, -0.15) is 13.2 Å². The minimum absolute atomic E-state index is 0.0193. The quantitative estimate of drug-likeness (QED) is 0.673. The third kappa shape index (κ3) is 2.28. The van der Waals surface area contributed by atoms with E-state index >= 15 is 0 Å². The summed E-state index contributed by atoms with van der Waals surface area (Å²) in [6, 6.07) is 0. The molecule has 8 atom stereocenters. The van der Waals surface area contributed by atoms with Gasteiger partial charge in [-0.15, -0.1) is 0 Å². The molecule has 2 bridgehead atoms. The Bertz CT molecular complexity index is 572. The standard InChI is InChI=1S/C18H27F3O5/c1-5-22-17(18(19,20)21)11(3)13-7-6-10(2)12-8-9-15(4)23-14(24-17)16(12,13)26-25-15/h10-14H,5-9H2,1-4H3/t10-,11-,12+,13+,14+,15+,16-,17-/m1/s1. The average molecular weight is 380 g/mol. The zero-order chi connectivity index (χ0) is 19.0. The number of hydrogen-bond donors (Lipinski definition) is 0. The molecule has 0 N–H and O–H groups in total. The van der Waals surface area contributed by atoms with Gasteiger partial charge in [-0.25, -0.2) is 9.78 Å². The van der Waals surface area contributed by atoms with Gasteiger partial charge in [0.05, 0.1) is 0 Å². The average Bonchev–Trinajstić information content (AvgIpc) is 2.78. The van der Waals surface area contributed by atoms with Gasteiger partial charge in [0.1, 0.15) is 0 Å². The highest BCUT2D eigenvalue weighted by Gasteiger charge is 2.77. The summed E-state index contributed by atoms with van der Waals surface area (Å²) in [4.78, 5) is 11.5. The zero-order valence-corrected chi connectivity index (χ0v) is 15.6. The first-order chi connectivity index (χ1) is 12.1. The minimum Gasteiger partial charge on any atom is -0.343 e. The molecule has 5 rings (SSSR count). The van der Waals surface area contributed by atoms with E-state index in [1.165, 1.54) is 0 Å². The molecule has 5 fully saturated rings. The first-order valence-corrected chi connectivity index (χ1v) is 9.53. The second kappa shape index (κ2) is 5.80. The predicted octanol–water partition coefficient (Wildman–Crippen LogP) is 4.16. The highest BCUT2D eigenvalue weighted by molar-refractivity contribution is 5.12. The number of halogens is 3. The molecule has 4 aliphatic heterocycles. The van der Waals surface area contributed by atoms with E-state index in [1.807, 2.05) is 0 Å². The van der Waals surface area contributed by atoms with Crippen molar-refractivity contribution in [2.45, 2.75) is 83.0 Å². The smallest absolute Gasteiger partial charge is 0.343 e. The lowest BCUT2D eigenvalue weighted by atomic mass is 9.57. The number of rotatable bonds is 2. The zero-order valence-electron chi connectivity index (χ0n) is 15.6. The van der Waals surface area contributed by atoms with Crippen molar-refractivity contribution in [3.8, 4) is 0 Å². The largest absolute Gasteiger partial charge is 0.443 e. The van der Waals surface area contributed by atoms with E-state index in [-0.39, 0.29) is 12.5 Å². The number of hydrogen-bond acceptors (Lipinski definition) is 5. The molecule has 5 nitrogen and oxygen atoms in total. The monoisotopic (exact) mass is 380 g/mol. The van der Waals surface area contributed by atoms with Gasteiger partial charge in [-0.1, -0.05) is 13.8 Å². The molecule has 5 aliphatic rings. The topological polar surface area (TPSA) is 46.2 Å². The third-order valence-electron chi connectivity index (χ3n) is 7.01. The summed E-state index contributed by atoms with van der Waals surface area (Å²) in [6.07, 6.45) is -3.10. The molecule has 0 unspecified atom stereocenters. The molecular weight excluding hydrogens is 353 g/mol. The van der Waals surface area contributed by atoms with E-state index in [2.05, 4.69) is 6.92 Å². The van der Waals surface area contributed by atoms with Gasteiger partial charge in [0, 0.05) is 24.9 Å². The predicted molar refractivity (Wildman–Crippen MR) is 83.5 cm³/mol. The highest BCUT2D eigenvalue weighted by atomic mass is 19.4. The summed E-state index contributed by atoms with van der Waals surface area (Å²) < 4.78 is 59.4. The van der Waals surface area contributed by atoms with Gasteiger partial charge in [-0.05, 0) is 44.9 Å². The van der Waals surface area contributed by atoms with Crippen LogP contribution in [0.3, 0.4) is 0 Å². The molecule has 0 aromatic heterocycles. The minimum atomic E-state index is -4.68. The van der Waals surface area contributed by atoms with E-state index in [0.29, 0.717) is 18.8 Å². The highest BCUT2D eigenvalue weighted by Crippen LogP contribution is 2.64. The molecule has 150 valence electrons. The third-order valence-corrected chi connectivity index (χ3v) is 7.01. The van der Waals surface area contributed by atoms with Crippen LogP contribution in [0.15, 0.2) is 0 Å². The molecule has 0 radical (unpaired) electrons. The van der Waals surface area contributed by atoms with Crippen LogP contribution in [0.5, 0.6) is 0 Å². The Morgan fingerprint density at radius 3 is 2.42 bits per heavy atom. The van der Waals surface area contributed by atoms with Crippen LogP contribution in [-0.4, -0.2) is 36.2 Å². The van der Waals surface area contributed by atoms with E-state index in [4.69, 9.17) is 24.0 Å². The Hall–Kier alpha value is -0.410. The van der Waals surface area contributed by atoms with Crippen LogP contribution in [0, 0.1) is 23.7 Å². The van der Waals surface area contributed by atoms with Crippen LogP contribution in [0.25, 0.3) is 0 Å². The summed E-state index contributed by atoms with van der Waals surface area (Å²) >= 11 is 0. The van der Waals surface area contributed by atoms with Crippen molar-refractivity contribution in [2.24, 2.45) is 23.7 Å². The van der Waals surface area contributed by atoms with Gasteiger partial charge in [0.25, 0.3) is 5.79 Å². The summed E-state index contributed by atoms with van der Waals surface area (Å²) in [6.45, 7) is 6.80. The van der Waals surface area contributed by atoms with E-state index in [1.54, 1.807) is 20.8 Å². The number of ether oxygens (including phenoxy) is 3. The van der Waals surface area contributed by atoms with Crippen molar-refractivity contribution in [2.75, 3.05) is 6.61 Å². The van der Waals surface area contributed by atoms with Crippen molar-refractivity contribution < 1.29 is 37.2 Å². The van der Waals surface area contributed by atoms with Gasteiger partial charge in [0.2, 0.25) is 5.79 Å². The van der Waals surface area contributed by atoms with Crippen molar-refractivity contribution in [3.63, 3.8) is 0 Å². The Morgan fingerprint density at radius 1 is 1.04 bits per heavy atom. The van der Waals surface area contributed by atoms with Crippen LogP contribution in [0.4, 0.5) is 13.2 Å². The Labute approximate surface area is 151 Å². The Balaban J connectivity index is 1.84. The Morgan fingerprint density at radius 2 is 1.77 bits per heavy atom. The van der Waals surface area contributed by atoms with Crippen LogP contribution in [-0.2, 0) is 24.0 Å². The Kier molecular flexibility index (Phi) is 4.22. The lowest BCUT2D eigenvalue weighted by Gasteiger charge is -2.62. The van der Waals surface area contributed by atoms with E-state index in [9.17, 15) is 13.2 Å². The molecule has 0 aromatic carbocycles. The van der Waals surface area contributed by atoms with Gasteiger partial charge in [-0.3, -0.25) is 0 Å². The van der Waals surface area contributed by atoms with Crippen LogP contribution < -0.4 is 0 Å². The van der Waals surface area contributed by atoms with Gasteiger partial charge < -0.3 is 14.2 Å². The van der Waals surface area contributed by atoms with Gasteiger partial charge >= 0.3 is 6.18 Å². The van der Waals surface area contributed by atoms with Crippen molar-refractivity contribution in [3.05, 3.63) is 0 Å². The molecule has 26 heavy (non-hydrogen) atoms. The molecule has 1 saturated carbocycles. The van der Waals surface area contributed by atoms with Crippen molar-refractivity contribution in [1.82, 2.24) is 0 Å². The maximum absolute atomic E-state index is 14.2. The van der Waals surface area contributed by atoms with Gasteiger partial charge in [0.15, 0.2) is 11.9 Å². The molecule has 4 heterocycles. The second-order valence-corrected chi connectivity index (χ2v) is 8.41. The van der Waals surface area contributed by atoms with Crippen molar-refractivity contribution >= 4 is 0 Å². The summed E-state index contributed by atoms with van der Waals surface area (Å²) in [5, 5.41) is 0. The molecule has 0 aromatic rings. The lowest BCUT2D eigenvalue weighted by molar-refractivity contribution is -0.598. The maximum Gasteiger partial charge on any atom is 0.443 e. The second-order valence-electron chi connectivity index (χ2n) is 8.41. The SMILES string of the molecule is CCO[C@@]1(C(F)(F)F)O[C@@H]2O[C@]3(C)CC[C@H]4[C@H](C)CC[C@@H]([C@H]1C)[C@@]24OO3. The van der Waals surface area contributed by atoms with Crippen LogP contribution >= 0.6 is 0 Å². The number of alkyl halides is 3.